The quantitative estimate of drug-likeness (QED) is 0.322. The highest BCUT2D eigenvalue weighted by molar-refractivity contribution is 7.91. The summed E-state index contributed by atoms with van der Waals surface area (Å²) >= 11 is 0. The third-order valence-corrected chi connectivity index (χ3v) is 12.7. The van der Waals surface area contributed by atoms with Crippen molar-refractivity contribution < 1.29 is 13.2 Å². The van der Waals surface area contributed by atoms with Crippen LogP contribution in [-0.4, -0.2) is 64.0 Å². The van der Waals surface area contributed by atoms with E-state index in [0.29, 0.717) is 35.0 Å². The predicted molar refractivity (Wildman–Crippen MR) is 174 cm³/mol. The number of anilines is 1. The first-order valence-electron chi connectivity index (χ1n) is 16.3. The summed E-state index contributed by atoms with van der Waals surface area (Å²) < 4.78 is 25.8. The molecule has 2 saturated heterocycles. The van der Waals surface area contributed by atoms with E-state index in [2.05, 4.69) is 57.4 Å². The SMILES string of the molecule is CNC(=O)C[C@H]1CCC[C@@H]1C(C)(c1ccccc1)C1CCN(CC2CN(c3ccc(S(=O)(=O)c4ccncc4)cc3)C2)CC1. The van der Waals surface area contributed by atoms with Gasteiger partial charge in [-0.05, 0) is 104 Å². The number of nitrogens with one attached hydrogen (secondary N) is 1. The summed E-state index contributed by atoms with van der Waals surface area (Å²) in [5.74, 6) is 2.39. The van der Waals surface area contributed by atoms with Gasteiger partial charge in [0.2, 0.25) is 15.7 Å². The molecule has 3 heterocycles. The van der Waals surface area contributed by atoms with E-state index in [1.54, 1.807) is 19.2 Å². The first kappa shape index (κ1) is 30.8. The van der Waals surface area contributed by atoms with Gasteiger partial charge in [0, 0.05) is 57.1 Å². The van der Waals surface area contributed by atoms with E-state index < -0.39 is 9.84 Å². The summed E-state index contributed by atoms with van der Waals surface area (Å²) in [6.07, 6.45) is 9.62. The van der Waals surface area contributed by atoms with Crippen molar-refractivity contribution >= 4 is 21.4 Å². The van der Waals surface area contributed by atoms with Crippen molar-refractivity contribution in [1.82, 2.24) is 15.2 Å². The Morgan fingerprint density at radius 3 is 2.23 bits per heavy atom. The molecule has 234 valence electrons. The van der Waals surface area contributed by atoms with Crippen molar-refractivity contribution in [2.24, 2.45) is 23.7 Å². The van der Waals surface area contributed by atoms with Crippen LogP contribution in [0.15, 0.2) is 88.9 Å². The Hall–Kier alpha value is -3.23. The molecule has 2 aliphatic heterocycles. The van der Waals surface area contributed by atoms with Gasteiger partial charge in [0.15, 0.2) is 0 Å². The maximum absolute atomic E-state index is 12.9. The summed E-state index contributed by atoms with van der Waals surface area (Å²) in [5.41, 5.74) is 2.60. The minimum atomic E-state index is -3.53. The number of nitrogens with zero attached hydrogens (tertiary/aromatic N) is 3. The lowest BCUT2D eigenvalue weighted by Gasteiger charge is -2.50. The molecule has 2 aromatic carbocycles. The molecule has 1 N–H and O–H groups in total. The molecule has 44 heavy (non-hydrogen) atoms. The number of piperidine rings is 1. The van der Waals surface area contributed by atoms with Crippen LogP contribution in [0.2, 0.25) is 0 Å². The van der Waals surface area contributed by atoms with E-state index in [1.165, 1.54) is 55.8 Å². The maximum Gasteiger partial charge on any atom is 0.220 e. The van der Waals surface area contributed by atoms with Crippen LogP contribution in [0.1, 0.15) is 51.0 Å². The lowest BCUT2D eigenvalue weighted by molar-refractivity contribution is -0.122. The van der Waals surface area contributed by atoms with E-state index in [1.807, 2.05) is 12.1 Å². The number of carbonyl (C=O) groups is 1. The van der Waals surface area contributed by atoms with Crippen molar-refractivity contribution in [2.45, 2.75) is 60.7 Å². The van der Waals surface area contributed by atoms with Gasteiger partial charge in [0.05, 0.1) is 9.79 Å². The van der Waals surface area contributed by atoms with Crippen molar-refractivity contribution in [3.8, 4) is 0 Å². The Balaban J connectivity index is 1.04. The number of likely N-dealkylation sites (tertiary alicyclic amines) is 1. The topological polar surface area (TPSA) is 82.6 Å². The summed E-state index contributed by atoms with van der Waals surface area (Å²) in [6, 6.07) is 21.5. The molecule has 1 aromatic heterocycles. The van der Waals surface area contributed by atoms with E-state index in [4.69, 9.17) is 0 Å². The van der Waals surface area contributed by atoms with Gasteiger partial charge in [-0.2, -0.15) is 0 Å². The molecular formula is C36H46N4O3S. The third kappa shape index (κ3) is 6.16. The van der Waals surface area contributed by atoms with Gasteiger partial charge in [-0.3, -0.25) is 9.78 Å². The highest BCUT2D eigenvalue weighted by atomic mass is 32.2. The molecule has 1 saturated carbocycles. The zero-order valence-corrected chi connectivity index (χ0v) is 26.9. The van der Waals surface area contributed by atoms with Gasteiger partial charge in [0.25, 0.3) is 0 Å². The first-order valence-corrected chi connectivity index (χ1v) is 17.8. The van der Waals surface area contributed by atoms with Crippen LogP contribution in [0, 0.1) is 23.7 Å². The van der Waals surface area contributed by atoms with Crippen LogP contribution in [0.5, 0.6) is 0 Å². The molecule has 3 aromatic rings. The molecule has 6 rings (SSSR count). The van der Waals surface area contributed by atoms with Crippen LogP contribution in [0.25, 0.3) is 0 Å². The molecule has 7 nitrogen and oxygen atoms in total. The first-order chi connectivity index (χ1) is 21.3. The van der Waals surface area contributed by atoms with Gasteiger partial charge in [-0.1, -0.05) is 43.7 Å². The van der Waals surface area contributed by atoms with E-state index in [9.17, 15) is 13.2 Å². The van der Waals surface area contributed by atoms with Crippen LogP contribution < -0.4 is 10.2 Å². The number of sulfone groups is 1. The Kier molecular flexibility index (Phi) is 9.11. The number of benzene rings is 2. The highest BCUT2D eigenvalue weighted by Gasteiger charge is 2.48. The van der Waals surface area contributed by atoms with E-state index >= 15 is 0 Å². The van der Waals surface area contributed by atoms with Crippen LogP contribution in [0.3, 0.4) is 0 Å². The fourth-order valence-corrected chi connectivity index (χ4v) is 9.67. The fraction of sp³-hybridized carbons (Fsp3) is 0.500. The Morgan fingerprint density at radius 2 is 1.57 bits per heavy atom. The minimum Gasteiger partial charge on any atom is -0.371 e. The largest absolute Gasteiger partial charge is 0.371 e. The molecule has 8 heteroatoms. The molecule has 1 unspecified atom stereocenters. The number of aromatic nitrogens is 1. The second-order valence-electron chi connectivity index (χ2n) is 13.3. The second kappa shape index (κ2) is 13.0. The van der Waals surface area contributed by atoms with E-state index in [-0.39, 0.29) is 16.2 Å². The van der Waals surface area contributed by atoms with Crippen molar-refractivity contribution in [1.29, 1.82) is 0 Å². The zero-order valence-electron chi connectivity index (χ0n) is 26.1. The average Bonchev–Trinajstić information content (AvgIpc) is 3.52. The summed E-state index contributed by atoms with van der Waals surface area (Å²) in [5, 5.41) is 2.87. The van der Waals surface area contributed by atoms with Crippen LogP contribution in [0.4, 0.5) is 5.69 Å². The molecule has 0 radical (unpaired) electrons. The summed E-state index contributed by atoms with van der Waals surface area (Å²) in [7, 11) is -1.77. The normalized spacial score (nSPS) is 23.2. The van der Waals surface area contributed by atoms with Crippen molar-refractivity contribution in [3.05, 3.63) is 84.7 Å². The number of carbonyl (C=O) groups excluding carboxylic acids is 1. The lowest BCUT2D eigenvalue weighted by atomic mass is 9.58. The zero-order chi connectivity index (χ0) is 30.7. The average molecular weight is 615 g/mol. The molecular weight excluding hydrogens is 568 g/mol. The highest BCUT2D eigenvalue weighted by Crippen LogP contribution is 2.53. The van der Waals surface area contributed by atoms with Gasteiger partial charge in [-0.15, -0.1) is 0 Å². The molecule has 3 atom stereocenters. The molecule has 0 bridgehead atoms. The Labute approximate surface area is 263 Å². The molecule has 1 amide bonds. The van der Waals surface area contributed by atoms with Crippen molar-refractivity contribution in [2.75, 3.05) is 44.7 Å². The number of pyridine rings is 1. The molecule has 3 aliphatic rings. The number of hydrogen-bond donors (Lipinski definition) is 1. The standard InChI is InChI=1S/C36H46N4O3S/c1-36(29-8-4-3-5-9-29,34-10-6-7-28(34)23-35(41)37-2)30-17-21-39(22-18-30)24-27-25-40(26-27)31-11-13-32(14-12-31)44(42,43)33-15-19-38-20-16-33/h3-5,8-9,11-16,19-20,27-28,30,34H,6-7,10,17-18,21-26H2,1-2H3,(H,37,41)/t28-,34+,36?/m1/s1. The fourth-order valence-electron chi connectivity index (χ4n) is 8.43. The molecule has 0 spiro atoms. The molecule has 3 fully saturated rings. The second-order valence-corrected chi connectivity index (χ2v) is 15.3. The van der Waals surface area contributed by atoms with Crippen molar-refractivity contribution in [3.63, 3.8) is 0 Å². The van der Waals surface area contributed by atoms with Gasteiger partial charge < -0.3 is 15.1 Å². The Morgan fingerprint density at radius 1 is 0.909 bits per heavy atom. The predicted octanol–water partition coefficient (Wildman–Crippen LogP) is 5.57. The monoisotopic (exact) mass is 614 g/mol. The number of rotatable bonds is 10. The third-order valence-electron chi connectivity index (χ3n) is 10.9. The summed E-state index contributed by atoms with van der Waals surface area (Å²) in [4.78, 5) is 21.9. The maximum atomic E-state index is 12.9. The van der Waals surface area contributed by atoms with Gasteiger partial charge in [0.1, 0.15) is 0 Å². The van der Waals surface area contributed by atoms with Gasteiger partial charge in [-0.25, -0.2) is 8.42 Å². The smallest absolute Gasteiger partial charge is 0.220 e. The van der Waals surface area contributed by atoms with Crippen LogP contribution >= 0.6 is 0 Å². The lowest BCUT2D eigenvalue weighted by Crippen LogP contribution is -2.53. The van der Waals surface area contributed by atoms with E-state index in [0.717, 1.165) is 44.8 Å². The minimum absolute atomic E-state index is 0.0762. The Bertz CT molecular complexity index is 1500. The van der Waals surface area contributed by atoms with Gasteiger partial charge >= 0.3 is 0 Å². The number of hydrogen-bond acceptors (Lipinski definition) is 6. The summed E-state index contributed by atoms with van der Waals surface area (Å²) in [6.45, 7) is 7.87. The number of amides is 1. The molecule has 1 aliphatic carbocycles. The van der Waals surface area contributed by atoms with Crippen LogP contribution in [-0.2, 0) is 20.0 Å².